The SMILES string of the molecule is COc1ccccc1N1CCN(CCCN(C(=O)CC2CCCCC2)c2ccccn2)CC1. The minimum atomic E-state index is 0.238. The molecule has 0 radical (unpaired) electrons. The molecule has 1 aliphatic heterocycles. The first kappa shape index (κ1) is 23.6. The molecule has 1 amide bonds. The molecule has 0 spiro atoms. The predicted molar refractivity (Wildman–Crippen MR) is 134 cm³/mol. The van der Waals surface area contributed by atoms with Crippen LogP contribution in [0.25, 0.3) is 0 Å². The topological polar surface area (TPSA) is 48.9 Å². The lowest BCUT2D eigenvalue weighted by molar-refractivity contribution is -0.119. The van der Waals surface area contributed by atoms with Crippen LogP contribution in [0.1, 0.15) is 44.9 Å². The fraction of sp³-hybridized carbons (Fsp3) is 0.556. The third kappa shape index (κ3) is 6.47. The second-order valence-corrected chi connectivity index (χ2v) is 9.30. The van der Waals surface area contributed by atoms with Gasteiger partial charge in [-0.2, -0.15) is 0 Å². The van der Waals surface area contributed by atoms with Crippen molar-refractivity contribution in [2.24, 2.45) is 5.92 Å². The monoisotopic (exact) mass is 450 g/mol. The minimum Gasteiger partial charge on any atom is -0.495 e. The van der Waals surface area contributed by atoms with E-state index in [0.29, 0.717) is 12.3 Å². The van der Waals surface area contributed by atoms with E-state index < -0.39 is 0 Å². The zero-order valence-corrected chi connectivity index (χ0v) is 20.0. The van der Waals surface area contributed by atoms with Crippen molar-refractivity contribution in [3.63, 3.8) is 0 Å². The summed E-state index contributed by atoms with van der Waals surface area (Å²) in [5, 5.41) is 0. The molecule has 1 saturated heterocycles. The lowest BCUT2D eigenvalue weighted by atomic mass is 9.86. The highest BCUT2D eigenvalue weighted by molar-refractivity contribution is 5.92. The van der Waals surface area contributed by atoms with Crippen molar-refractivity contribution in [3.05, 3.63) is 48.7 Å². The molecule has 6 nitrogen and oxygen atoms in total. The summed E-state index contributed by atoms with van der Waals surface area (Å²) >= 11 is 0. The Hall–Kier alpha value is -2.60. The number of piperazine rings is 1. The van der Waals surface area contributed by atoms with Crippen LogP contribution < -0.4 is 14.5 Å². The number of hydrogen-bond donors (Lipinski definition) is 0. The highest BCUT2D eigenvalue weighted by Crippen LogP contribution is 2.29. The Bertz CT molecular complexity index is 861. The van der Waals surface area contributed by atoms with Crippen molar-refractivity contribution in [2.45, 2.75) is 44.9 Å². The van der Waals surface area contributed by atoms with Crippen LogP contribution in [0.15, 0.2) is 48.7 Å². The van der Waals surface area contributed by atoms with Gasteiger partial charge in [0, 0.05) is 45.3 Å². The predicted octanol–water partition coefficient (Wildman–Crippen LogP) is 4.61. The van der Waals surface area contributed by atoms with E-state index in [1.165, 1.54) is 37.8 Å². The van der Waals surface area contributed by atoms with Crippen molar-refractivity contribution < 1.29 is 9.53 Å². The number of amides is 1. The standard InChI is InChI=1S/C27H38N4O2/c1-33-25-13-6-5-12-24(25)30-20-18-29(19-21-30)16-9-17-31(26-14-7-8-15-28-26)27(32)22-23-10-3-2-4-11-23/h5-8,12-15,23H,2-4,9-11,16-22H2,1H3. The fourth-order valence-electron chi connectivity index (χ4n) is 5.18. The Morgan fingerprint density at radius 2 is 1.79 bits per heavy atom. The van der Waals surface area contributed by atoms with Gasteiger partial charge in [0.25, 0.3) is 0 Å². The number of anilines is 2. The molecule has 4 rings (SSSR count). The molecule has 1 aromatic heterocycles. The van der Waals surface area contributed by atoms with E-state index in [2.05, 4.69) is 26.9 Å². The molecule has 2 aromatic rings. The molecule has 6 heteroatoms. The number of pyridine rings is 1. The van der Waals surface area contributed by atoms with Crippen molar-refractivity contribution in [3.8, 4) is 5.75 Å². The summed E-state index contributed by atoms with van der Waals surface area (Å²) in [6.45, 7) is 5.76. The van der Waals surface area contributed by atoms with Crippen LogP contribution in [0.2, 0.25) is 0 Å². The van der Waals surface area contributed by atoms with Crippen LogP contribution in [0, 0.1) is 5.92 Å². The molecule has 2 aliphatic rings. The first-order valence-corrected chi connectivity index (χ1v) is 12.6. The third-order valence-corrected chi connectivity index (χ3v) is 7.07. The molecule has 0 N–H and O–H groups in total. The first-order valence-electron chi connectivity index (χ1n) is 12.6. The van der Waals surface area contributed by atoms with E-state index in [4.69, 9.17) is 4.74 Å². The van der Waals surface area contributed by atoms with Crippen LogP contribution in [0.4, 0.5) is 11.5 Å². The summed E-state index contributed by atoms with van der Waals surface area (Å²) in [7, 11) is 1.73. The fourth-order valence-corrected chi connectivity index (χ4v) is 5.18. The van der Waals surface area contributed by atoms with E-state index in [9.17, 15) is 4.79 Å². The largest absolute Gasteiger partial charge is 0.495 e. The Kier molecular flexibility index (Phi) is 8.59. The summed E-state index contributed by atoms with van der Waals surface area (Å²) in [5.74, 6) is 2.51. The van der Waals surface area contributed by atoms with Crippen molar-refractivity contribution >= 4 is 17.4 Å². The molecule has 0 bridgehead atoms. The second kappa shape index (κ2) is 12.0. The van der Waals surface area contributed by atoms with Gasteiger partial charge in [0.1, 0.15) is 11.6 Å². The number of benzene rings is 1. The normalized spacial score (nSPS) is 17.7. The molecule has 178 valence electrons. The molecular weight excluding hydrogens is 412 g/mol. The molecule has 1 aromatic carbocycles. The summed E-state index contributed by atoms with van der Waals surface area (Å²) in [5.41, 5.74) is 1.18. The minimum absolute atomic E-state index is 0.238. The Morgan fingerprint density at radius 1 is 1.03 bits per heavy atom. The quantitative estimate of drug-likeness (QED) is 0.559. The van der Waals surface area contributed by atoms with Crippen LogP contribution in [-0.4, -0.2) is 62.2 Å². The van der Waals surface area contributed by atoms with Gasteiger partial charge in [-0.25, -0.2) is 4.98 Å². The Labute approximate surface area is 198 Å². The number of para-hydroxylation sites is 2. The molecular formula is C27H38N4O2. The summed E-state index contributed by atoms with van der Waals surface area (Å²) in [4.78, 5) is 24.5. The number of carbonyl (C=O) groups excluding carboxylic acids is 1. The second-order valence-electron chi connectivity index (χ2n) is 9.30. The lowest BCUT2D eigenvalue weighted by Gasteiger charge is -2.37. The zero-order valence-electron chi connectivity index (χ0n) is 20.0. The lowest BCUT2D eigenvalue weighted by Crippen LogP contribution is -2.47. The van der Waals surface area contributed by atoms with Gasteiger partial charge < -0.3 is 9.64 Å². The summed E-state index contributed by atoms with van der Waals surface area (Å²) in [6, 6.07) is 14.1. The number of hydrogen-bond acceptors (Lipinski definition) is 5. The maximum absolute atomic E-state index is 13.2. The van der Waals surface area contributed by atoms with Gasteiger partial charge in [0.05, 0.1) is 12.8 Å². The number of methoxy groups -OCH3 is 1. The molecule has 2 fully saturated rings. The van der Waals surface area contributed by atoms with Crippen LogP contribution in [-0.2, 0) is 4.79 Å². The first-order chi connectivity index (χ1) is 16.2. The molecule has 1 aliphatic carbocycles. The van der Waals surface area contributed by atoms with Crippen LogP contribution in [0.5, 0.6) is 5.75 Å². The van der Waals surface area contributed by atoms with E-state index in [0.717, 1.165) is 57.3 Å². The van der Waals surface area contributed by atoms with Gasteiger partial charge in [0.15, 0.2) is 0 Å². The molecule has 0 atom stereocenters. The maximum atomic E-state index is 13.2. The van der Waals surface area contributed by atoms with E-state index in [1.807, 2.05) is 35.2 Å². The Balaban J connectivity index is 1.28. The van der Waals surface area contributed by atoms with E-state index in [1.54, 1.807) is 13.3 Å². The van der Waals surface area contributed by atoms with Crippen molar-refractivity contribution in [1.82, 2.24) is 9.88 Å². The number of aromatic nitrogens is 1. The highest BCUT2D eigenvalue weighted by atomic mass is 16.5. The summed E-state index contributed by atoms with van der Waals surface area (Å²) in [6.07, 6.45) is 9.64. The summed E-state index contributed by atoms with van der Waals surface area (Å²) < 4.78 is 5.54. The zero-order chi connectivity index (χ0) is 22.9. The average molecular weight is 451 g/mol. The van der Waals surface area contributed by atoms with Gasteiger partial charge >= 0.3 is 0 Å². The molecule has 2 heterocycles. The van der Waals surface area contributed by atoms with Crippen LogP contribution in [0.3, 0.4) is 0 Å². The number of nitrogens with zero attached hydrogens (tertiary/aromatic N) is 4. The van der Waals surface area contributed by atoms with Gasteiger partial charge in [-0.3, -0.25) is 14.6 Å². The van der Waals surface area contributed by atoms with Gasteiger partial charge in [-0.05, 0) is 56.0 Å². The number of rotatable bonds is 9. The average Bonchev–Trinajstić information content (AvgIpc) is 2.88. The van der Waals surface area contributed by atoms with Crippen LogP contribution >= 0.6 is 0 Å². The van der Waals surface area contributed by atoms with Crippen molar-refractivity contribution in [2.75, 3.05) is 56.2 Å². The van der Waals surface area contributed by atoms with Gasteiger partial charge in [-0.1, -0.05) is 37.5 Å². The van der Waals surface area contributed by atoms with Crippen molar-refractivity contribution in [1.29, 1.82) is 0 Å². The van der Waals surface area contributed by atoms with E-state index >= 15 is 0 Å². The highest BCUT2D eigenvalue weighted by Gasteiger charge is 2.24. The Morgan fingerprint density at radius 3 is 2.52 bits per heavy atom. The van der Waals surface area contributed by atoms with E-state index in [-0.39, 0.29) is 5.91 Å². The number of ether oxygens (including phenoxy) is 1. The van der Waals surface area contributed by atoms with Gasteiger partial charge in [-0.15, -0.1) is 0 Å². The third-order valence-electron chi connectivity index (χ3n) is 7.07. The molecule has 1 saturated carbocycles. The van der Waals surface area contributed by atoms with Gasteiger partial charge in [0.2, 0.25) is 5.91 Å². The maximum Gasteiger partial charge on any atom is 0.228 e. The molecule has 33 heavy (non-hydrogen) atoms. The number of carbonyl (C=O) groups is 1. The smallest absolute Gasteiger partial charge is 0.228 e. The molecule has 0 unspecified atom stereocenters.